The predicted octanol–water partition coefficient (Wildman–Crippen LogP) is 5.97. The van der Waals surface area contributed by atoms with E-state index >= 15 is 0 Å². The van der Waals surface area contributed by atoms with Gasteiger partial charge in [0.05, 0.1) is 5.69 Å². The van der Waals surface area contributed by atoms with Gasteiger partial charge in [-0.3, -0.25) is 4.40 Å². The Morgan fingerprint density at radius 3 is 2.46 bits per heavy atom. The van der Waals surface area contributed by atoms with E-state index in [0.29, 0.717) is 11.8 Å². The Morgan fingerprint density at radius 2 is 1.71 bits per heavy atom. The summed E-state index contributed by atoms with van der Waals surface area (Å²) < 4.78 is 2.22. The molecule has 0 unspecified atom stereocenters. The average molecular weight is 323 g/mol. The van der Waals surface area contributed by atoms with Crippen molar-refractivity contribution in [3.8, 4) is 0 Å². The summed E-state index contributed by atoms with van der Waals surface area (Å²) in [5, 5.41) is 0. The van der Waals surface area contributed by atoms with Gasteiger partial charge in [-0.15, -0.1) is 0 Å². The first kappa shape index (κ1) is 15.9. The highest BCUT2D eigenvalue weighted by molar-refractivity contribution is 5.67. The Labute approximate surface area is 145 Å². The lowest BCUT2D eigenvalue weighted by Gasteiger charge is -2.20. The molecule has 2 saturated carbocycles. The fourth-order valence-corrected chi connectivity index (χ4v) is 4.39. The highest BCUT2D eigenvalue weighted by atomic mass is 15.1. The van der Waals surface area contributed by atoms with Gasteiger partial charge < -0.3 is 0 Å². The third-order valence-corrected chi connectivity index (χ3v) is 5.82. The van der Waals surface area contributed by atoms with Crippen LogP contribution in [-0.2, 0) is 0 Å². The summed E-state index contributed by atoms with van der Waals surface area (Å²) in [5.74, 6) is 2.36. The molecule has 2 fully saturated rings. The van der Waals surface area contributed by atoms with Crippen molar-refractivity contribution in [2.45, 2.75) is 77.0 Å². The first-order valence-corrected chi connectivity index (χ1v) is 9.84. The minimum atomic E-state index is 0.595. The Hall–Kier alpha value is -1.64. The number of pyridine rings is 1. The number of aliphatic imine (C=N–C) groups is 1. The molecule has 2 heterocycles. The molecule has 2 aromatic heterocycles. The molecule has 2 aromatic rings. The number of aryl methyl sites for hydroxylation is 1. The van der Waals surface area contributed by atoms with Gasteiger partial charge in [0.2, 0.25) is 0 Å². The monoisotopic (exact) mass is 323 g/mol. The molecule has 0 amide bonds. The summed E-state index contributed by atoms with van der Waals surface area (Å²) in [6.45, 7) is 2.15. The quantitative estimate of drug-likeness (QED) is 0.640. The average Bonchev–Trinajstić information content (AvgIpc) is 2.99. The molecule has 24 heavy (non-hydrogen) atoms. The van der Waals surface area contributed by atoms with Crippen LogP contribution < -0.4 is 0 Å². The third-order valence-electron chi connectivity index (χ3n) is 5.82. The molecule has 0 aromatic carbocycles. The highest BCUT2D eigenvalue weighted by Gasteiger charge is 2.23. The van der Waals surface area contributed by atoms with Gasteiger partial charge in [-0.2, -0.15) is 0 Å². The van der Waals surface area contributed by atoms with Gasteiger partial charge in [-0.05, 0) is 50.2 Å². The second-order valence-electron chi connectivity index (χ2n) is 7.77. The van der Waals surface area contributed by atoms with E-state index in [1.165, 1.54) is 75.5 Å². The molecule has 0 spiro atoms. The van der Waals surface area contributed by atoms with Crippen LogP contribution in [-0.4, -0.2) is 15.6 Å². The number of fused-ring (bicyclic) bond motifs is 1. The van der Waals surface area contributed by atoms with Gasteiger partial charge >= 0.3 is 0 Å². The minimum Gasteiger partial charge on any atom is -0.284 e. The lowest BCUT2D eigenvalue weighted by atomic mass is 9.87. The number of imidazole rings is 1. The van der Waals surface area contributed by atoms with Gasteiger partial charge in [0.1, 0.15) is 5.65 Å². The smallest absolute Gasteiger partial charge is 0.160 e. The van der Waals surface area contributed by atoms with Gasteiger partial charge in [-0.25, -0.2) is 9.98 Å². The Bertz CT molecular complexity index is 716. The fourth-order valence-electron chi connectivity index (χ4n) is 4.39. The second-order valence-corrected chi connectivity index (χ2v) is 7.77. The van der Waals surface area contributed by atoms with E-state index in [2.05, 4.69) is 35.9 Å². The van der Waals surface area contributed by atoms with Crippen molar-refractivity contribution in [3.05, 3.63) is 29.6 Å². The molecule has 2 aliphatic carbocycles. The summed E-state index contributed by atoms with van der Waals surface area (Å²) in [6, 6.07) is 4.29. The van der Waals surface area contributed by atoms with Crippen LogP contribution in [0.2, 0.25) is 0 Å². The number of hydrogen-bond acceptors (Lipinski definition) is 2. The van der Waals surface area contributed by atoms with Crippen molar-refractivity contribution in [1.82, 2.24) is 9.38 Å². The number of aromatic nitrogens is 2. The number of rotatable bonds is 3. The van der Waals surface area contributed by atoms with E-state index in [9.17, 15) is 0 Å². The molecule has 4 rings (SSSR count). The normalized spacial score (nSPS) is 21.0. The van der Waals surface area contributed by atoms with Crippen LogP contribution in [0.25, 0.3) is 5.65 Å². The Balaban J connectivity index is 1.71. The van der Waals surface area contributed by atoms with Crippen LogP contribution in [0.1, 0.15) is 81.4 Å². The molecular formula is C21H29N3. The summed E-state index contributed by atoms with van der Waals surface area (Å²) >= 11 is 0. The van der Waals surface area contributed by atoms with Crippen molar-refractivity contribution in [2.24, 2.45) is 10.9 Å². The molecule has 3 nitrogen and oxygen atoms in total. The molecule has 3 heteroatoms. The van der Waals surface area contributed by atoms with Crippen LogP contribution >= 0.6 is 0 Å². The van der Waals surface area contributed by atoms with Crippen molar-refractivity contribution in [3.63, 3.8) is 0 Å². The van der Waals surface area contributed by atoms with Crippen LogP contribution in [0.4, 0.5) is 5.82 Å². The zero-order valence-corrected chi connectivity index (χ0v) is 14.9. The SMILES string of the molecule is Cc1ccc2nc(C3CCCCC3)c(/N=C/C3CCCCC3)n2c1. The molecule has 0 saturated heterocycles. The van der Waals surface area contributed by atoms with Crippen molar-refractivity contribution >= 4 is 17.7 Å². The largest absolute Gasteiger partial charge is 0.284 e. The molecule has 0 radical (unpaired) electrons. The topological polar surface area (TPSA) is 29.7 Å². The van der Waals surface area contributed by atoms with Crippen LogP contribution in [0.5, 0.6) is 0 Å². The summed E-state index contributed by atoms with van der Waals surface area (Å²) in [4.78, 5) is 10.0. The highest BCUT2D eigenvalue weighted by Crippen LogP contribution is 2.38. The van der Waals surface area contributed by atoms with Crippen molar-refractivity contribution in [1.29, 1.82) is 0 Å². The zero-order valence-electron chi connectivity index (χ0n) is 14.9. The van der Waals surface area contributed by atoms with E-state index < -0.39 is 0 Å². The number of nitrogens with zero attached hydrogens (tertiary/aromatic N) is 3. The summed E-state index contributed by atoms with van der Waals surface area (Å²) in [5.41, 5.74) is 3.56. The molecular weight excluding hydrogens is 294 g/mol. The molecule has 0 aliphatic heterocycles. The molecule has 2 aliphatic rings. The third kappa shape index (κ3) is 3.26. The molecule has 0 N–H and O–H groups in total. The zero-order chi connectivity index (χ0) is 16.4. The maximum atomic E-state index is 5.01. The van der Waals surface area contributed by atoms with Crippen molar-refractivity contribution < 1.29 is 0 Å². The second kappa shape index (κ2) is 7.08. The lowest BCUT2D eigenvalue weighted by molar-refractivity contribution is 0.438. The first-order valence-electron chi connectivity index (χ1n) is 9.84. The molecule has 128 valence electrons. The van der Waals surface area contributed by atoms with E-state index in [1.54, 1.807) is 0 Å². The predicted molar refractivity (Wildman–Crippen MR) is 100 cm³/mol. The van der Waals surface area contributed by atoms with E-state index in [0.717, 1.165) is 11.5 Å². The van der Waals surface area contributed by atoms with E-state index in [-0.39, 0.29) is 0 Å². The Morgan fingerprint density at radius 1 is 1.00 bits per heavy atom. The maximum absolute atomic E-state index is 5.01. The summed E-state index contributed by atoms with van der Waals surface area (Å²) in [7, 11) is 0. The van der Waals surface area contributed by atoms with Crippen molar-refractivity contribution in [2.75, 3.05) is 0 Å². The van der Waals surface area contributed by atoms with E-state index in [1.807, 2.05) is 0 Å². The van der Waals surface area contributed by atoms with Gasteiger partial charge in [0.15, 0.2) is 5.82 Å². The standard InChI is InChI=1S/C21H29N3/c1-16-12-13-19-23-20(18-10-6-3-7-11-18)21(24(19)15-16)22-14-17-8-4-2-5-9-17/h12-15,17-18H,2-11H2,1H3/b22-14+. The van der Waals surface area contributed by atoms with Crippen LogP contribution in [0.3, 0.4) is 0 Å². The van der Waals surface area contributed by atoms with Crippen LogP contribution in [0.15, 0.2) is 23.3 Å². The molecule has 0 bridgehead atoms. The first-order chi connectivity index (χ1) is 11.8. The van der Waals surface area contributed by atoms with Crippen LogP contribution in [0, 0.1) is 12.8 Å². The minimum absolute atomic E-state index is 0.595. The van der Waals surface area contributed by atoms with E-state index in [4.69, 9.17) is 9.98 Å². The maximum Gasteiger partial charge on any atom is 0.160 e. The molecule has 0 atom stereocenters. The van der Waals surface area contributed by atoms with Gasteiger partial charge in [-0.1, -0.05) is 44.6 Å². The Kier molecular flexibility index (Phi) is 4.68. The van der Waals surface area contributed by atoms with Gasteiger partial charge in [0, 0.05) is 18.3 Å². The number of hydrogen-bond donors (Lipinski definition) is 0. The van der Waals surface area contributed by atoms with Gasteiger partial charge in [0.25, 0.3) is 0 Å². The lowest BCUT2D eigenvalue weighted by Crippen LogP contribution is -2.08. The summed E-state index contributed by atoms with van der Waals surface area (Å²) in [6.07, 6.45) is 17.7. The fraction of sp³-hybridized carbons (Fsp3) is 0.619.